The fourth-order valence-electron chi connectivity index (χ4n) is 4.11. The lowest BCUT2D eigenvalue weighted by atomic mass is 9.77. The van der Waals surface area contributed by atoms with E-state index < -0.39 is 5.97 Å². The molecule has 2 N–H and O–H groups in total. The average Bonchev–Trinajstić information content (AvgIpc) is 3.21. The van der Waals surface area contributed by atoms with Crippen LogP contribution in [0.5, 0.6) is 0 Å². The third-order valence-electron chi connectivity index (χ3n) is 5.47. The first-order chi connectivity index (χ1) is 12.6. The molecule has 2 aliphatic heterocycles. The largest absolute Gasteiger partial charge is 0.478 e. The highest BCUT2D eigenvalue weighted by Crippen LogP contribution is 2.46. The zero-order chi connectivity index (χ0) is 18.8. The first kappa shape index (κ1) is 21.5. The zero-order valence-corrected chi connectivity index (χ0v) is 16.7. The number of ether oxygens (including phenoxy) is 1. The Morgan fingerprint density at radius 2 is 2.08 bits per heavy atom. The lowest BCUT2D eigenvalue weighted by molar-refractivity contribution is -0.131. The number of carboxylic acid groups (broad SMARTS) is 1. The van der Waals surface area contributed by atoms with Gasteiger partial charge in [0.05, 0.1) is 18.3 Å². The van der Waals surface area contributed by atoms with E-state index in [1.165, 1.54) is 25.3 Å². The van der Waals surface area contributed by atoms with Crippen LogP contribution in [0.4, 0.5) is 0 Å². The van der Waals surface area contributed by atoms with Gasteiger partial charge in [-0.1, -0.05) is 50.8 Å². The van der Waals surface area contributed by atoms with Crippen LogP contribution >= 0.6 is 11.8 Å². The summed E-state index contributed by atoms with van der Waals surface area (Å²) in [6, 6.07) is 0. The Hall–Kier alpha value is -0.780. The second-order valence-corrected chi connectivity index (χ2v) is 8.59. The minimum Gasteiger partial charge on any atom is -0.478 e. The molecule has 0 aliphatic carbocycles. The molecule has 0 aromatic heterocycles. The highest BCUT2D eigenvalue weighted by Gasteiger charge is 2.47. The number of hydrogen-bond acceptors (Lipinski definition) is 4. The summed E-state index contributed by atoms with van der Waals surface area (Å²) in [7, 11) is 0. The third kappa shape index (κ3) is 7.09. The van der Waals surface area contributed by atoms with Gasteiger partial charge in [0.2, 0.25) is 0 Å². The van der Waals surface area contributed by atoms with Crippen molar-refractivity contribution < 1.29 is 19.7 Å². The maximum atomic E-state index is 10.5. The van der Waals surface area contributed by atoms with Gasteiger partial charge in [-0.05, 0) is 37.4 Å². The number of aliphatic carboxylic acids is 1. The second-order valence-electron chi connectivity index (χ2n) is 7.44. The van der Waals surface area contributed by atoms with E-state index in [1.54, 1.807) is 17.8 Å². The Morgan fingerprint density at radius 1 is 1.27 bits per heavy atom. The molecule has 0 amide bonds. The van der Waals surface area contributed by atoms with Crippen molar-refractivity contribution >= 4 is 17.7 Å². The van der Waals surface area contributed by atoms with Crippen LogP contribution in [-0.2, 0) is 9.53 Å². The number of rotatable bonds is 13. The molecule has 0 saturated carbocycles. The molecule has 0 radical (unpaired) electrons. The SMILES string of the molecule is CCCCCCC(O)/C=C/[C@@H]1[C@H](CCSCC=CC(=O)O)[C@@H]2CC[C@H]1O2. The molecular weight excluding hydrogens is 348 g/mol. The van der Waals surface area contributed by atoms with Gasteiger partial charge in [-0.15, -0.1) is 0 Å². The molecule has 0 aromatic carbocycles. The van der Waals surface area contributed by atoms with Crippen LogP contribution in [0.3, 0.4) is 0 Å². The Labute approximate surface area is 162 Å². The lowest BCUT2D eigenvalue weighted by Crippen LogP contribution is -2.26. The predicted octanol–water partition coefficient (Wildman–Crippen LogP) is 4.43. The van der Waals surface area contributed by atoms with Crippen LogP contribution in [0.2, 0.25) is 0 Å². The maximum absolute atomic E-state index is 10.5. The van der Waals surface area contributed by atoms with Crippen molar-refractivity contribution in [3.8, 4) is 0 Å². The summed E-state index contributed by atoms with van der Waals surface area (Å²) in [4.78, 5) is 10.5. The number of aliphatic hydroxyl groups excluding tert-OH is 1. The summed E-state index contributed by atoms with van der Waals surface area (Å²) >= 11 is 1.77. The molecule has 5 heteroatoms. The normalized spacial score (nSPS) is 29.2. The van der Waals surface area contributed by atoms with Crippen LogP contribution in [0.25, 0.3) is 0 Å². The average molecular weight is 383 g/mol. The quantitative estimate of drug-likeness (QED) is 0.280. The molecule has 4 nitrogen and oxygen atoms in total. The van der Waals surface area contributed by atoms with Crippen LogP contribution < -0.4 is 0 Å². The monoisotopic (exact) mass is 382 g/mol. The Balaban J connectivity index is 1.73. The standard InChI is InChI=1S/C21H34O4S/c1-2-3-4-5-7-16(22)9-10-17-18(20-12-11-19(17)25-20)13-15-26-14-6-8-21(23)24/h6,8-10,16-20,22H,2-5,7,11-15H2,1H3,(H,23,24)/b8-6?,10-9+/t16?,17-,18+,19-,20+/m1/s1. The summed E-state index contributed by atoms with van der Waals surface area (Å²) in [6.07, 6.45) is 16.5. The number of aliphatic hydroxyl groups is 1. The Bertz CT molecular complexity index is 477. The van der Waals surface area contributed by atoms with Crippen LogP contribution in [0.1, 0.15) is 58.3 Å². The third-order valence-corrected chi connectivity index (χ3v) is 6.42. The van der Waals surface area contributed by atoms with Gasteiger partial charge in [-0.25, -0.2) is 4.79 Å². The van der Waals surface area contributed by atoms with Gasteiger partial charge in [0.25, 0.3) is 0 Å². The topological polar surface area (TPSA) is 66.8 Å². The van der Waals surface area contributed by atoms with E-state index in [9.17, 15) is 9.90 Å². The van der Waals surface area contributed by atoms with Crippen molar-refractivity contribution in [2.75, 3.05) is 11.5 Å². The van der Waals surface area contributed by atoms with Crippen molar-refractivity contribution in [2.45, 2.75) is 76.6 Å². The Kier molecular flexibility index (Phi) is 9.79. The molecule has 2 fully saturated rings. The number of carbonyl (C=O) groups is 1. The van der Waals surface area contributed by atoms with Crippen molar-refractivity contribution in [3.05, 3.63) is 24.3 Å². The predicted molar refractivity (Wildman–Crippen MR) is 107 cm³/mol. The van der Waals surface area contributed by atoms with E-state index >= 15 is 0 Å². The molecule has 0 aromatic rings. The maximum Gasteiger partial charge on any atom is 0.328 e. The summed E-state index contributed by atoms with van der Waals surface area (Å²) in [6.45, 7) is 2.20. The highest BCUT2D eigenvalue weighted by molar-refractivity contribution is 7.99. The molecular formula is C21H34O4S. The van der Waals surface area contributed by atoms with Crippen LogP contribution in [-0.4, -0.2) is 46.0 Å². The van der Waals surface area contributed by atoms with E-state index in [4.69, 9.17) is 9.84 Å². The molecule has 148 valence electrons. The molecule has 1 unspecified atom stereocenters. The van der Waals surface area contributed by atoms with Crippen molar-refractivity contribution in [3.63, 3.8) is 0 Å². The number of unbranched alkanes of at least 4 members (excludes halogenated alkanes) is 3. The van der Waals surface area contributed by atoms with E-state index in [2.05, 4.69) is 13.0 Å². The van der Waals surface area contributed by atoms with Gasteiger partial charge < -0.3 is 14.9 Å². The van der Waals surface area contributed by atoms with Gasteiger partial charge in [0.1, 0.15) is 0 Å². The number of carboxylic acids is 1. The summed E-state index contributed by atoms with van der Waals surface area (Å²) in [5.74, 6) is 1.84. The van der Waals surface area contributed by atoms with Crippen molar-refractivity contribution in [2.24, 2.45) is 11.8 Å². The summed E-state index contributed by atoms with van der Waals surface area (Å²) < 4.78 is 6.12. The van der Waals surface area contributed by atoms with E-state index in [0.717, 1.165) is 43.6 Å². The second kappa shape index (κ2) is 11.8. The van der Waals surface area contributed by atoms with Crippen LogP contribution in [0.15, 0.2) is 24.3 Å². The van der Waals surface area contributed by atoms with Crippen LogP contribution in [0, 0.1) is 11.8 Å². The number of hydrogen-bond donors (Lipinski definition) is 2. The van der Waals surface area contributed by atoms with Gasteiger partial charge >= 0.3 is 5.97 Å². The fourth-order valence-corrected chi connectivity index (χ4v) is 4.95. The molecule has 2 saturated heterocycles. The highest BCUT2D eigenvalue weighted by atomic mass is 32.2. The Morgan fingerprint density at radius 3 is 2.85 bits per heavy atom. The fraction of sp³-hybridized carbons (Fsp3) is 0.762. The molecule has 2 bridgehead atoms. The molecule has 26 heavy (non-hydrogen) atoms. The number of thioether (sulfide) groups is 1. The van der Waals surface area contributed by atoms with Gasteiger partial charge in [0, 0.05) is 17.7 Å². The first-order valence-electron chi connectivity index (χ1n) is 10.1. The van der Waals surface area contributed by atoms with E-state index in [0.29, 0.717) is 24.0 Å². The van der Waals surface area contributed by atoms with Gasteiger partial charge in [0.15, 0.2) is 0 Å². The minimum atomic E-state index is -0.884. The van der Waals surface area contributed by atoms with E-state index in [-0.39, 0.29) is 6.10 Å². The summed E-state index contributed by atoms with van der Waals surface area (Å²) in [5, 5.41) is 18.8. The molecule has 2 aliphatic rings. The van der Waals surface area contributed by atoms with Crippen molar-refractivity contribution in [1.29, 1.82) is 0 Å². The number of fused-ring (bicyclic) bond motifs is 2. The van der Waals surface area contributed by atoms with Gasteiger partial charge in [-0.2, -0.15) is 11.8 Å². The molecule has 2 heterocycles. The van der Waals surface area contributed by atoms with E-state index in [1.807, 2.05) is 6.08 Å². The van der Waals surface area contributed by atoms with Gasteiger partial charge in [-0.3, -0.25) is 0 Å². The smallest absolute Gasteiger partial charge is 0.328 e. The minimum absolute atomic E-state index is 0.324. The first-order valence-corrected chi connectivity index (χ1v) is 11.3. The molecule has 0 spiro atoms. The summed E-state index contributed by atoms with van der Waals surface area (Å²) in [5.41, 5.74) is 0. The molecule has 2 rings (SSSR count). The molecule has 5 atom stereocenters. The lowest BCUT2D eigenvalue weighted by Gasteiger charge is -2.25. The zero-order valence-electron chi connectivity index (χ0n) is 15.9. The van der Waals surface area contributed by atoms with Crippen molar-refractivity contribution in [1.82, 2.24) is 0 Å².